The highest BCUT2D eigenvalue weighted by atomic mass is 16.1. The van der Waals surface area contributed by atoms with Crippen LogP contribution in [-0.4, -0.2) is 18.0 Å². The highest BCUT2D eigenvalue weighted by Crippen LogP contribution is 2.28. The minimum Gasteiger partial charge on any atom is -0.353 e. The molecule has 2 aliphatic rings. The molecular weight excluding hydrogens is 236 g/mol. The molecule has 3 nitrogen and oxygen atoms in total. The van der Waals surface area contributed by atoms with Crippen LogP contribution in [0.5, 0.6) is 0 Å². The van der Waals surface area contributed by atoms with Crippen LogP contribution in [0.1, 0.15) is 71.1 Å². The van der Waals surface area contributed by atoms with Gasteiger partial charge < -0.3 is 11.1 Å². The zero-order valence-electron chi connectivity index (χ0n) is 12.4. The lowest BCUT2D eigenvalue weighted by atomic mass is 9.83. The van der Waals surface area contributed by atoms with Crippen molar-refractivity contribution in [3.63, 3.8) is 0 Å². The minimum absolute atomic E-state index is 0.249. The van der Waals surface area contributed by atoms with Gasteiger partial charge in [-0.25, -0.2) is 0 Å². The maximum atomic E-state index is 12.0. The van der Waals surface area contributed by atoms with Gasteiger partial charge in [-0.05, 0) is 50.9 Å². The van der Waals surface area contributed by atoms with Crippen molar-refractivity contribution in [3.8, 4) is 0 Å². The molecule has 2 aliphatic carbocycles. The van der Waals surface area contributed by atoms with Crippen LogP contribution in [0.3, 0.4) is 0 Å². The van der Waals surface area contributed by atoms with Crippen LogP contribution in [-0.2, 0) is 4.79 Å². The lowest BCUT2D eigenvalue weighted by Gasteiger charge is -2.26. The summed E-state index contributed by atoms with van der Waals surface area (Å²) in [7, 11) is 0. The van der Waals surface area contributed by atoms with E-state index in [0.717, 1.165) is 12.8 Å². The van der Waals surface area contributed by atoms with E-state index in [2.05, 4.69) is 12.2 Å². The number of hydrogen-bond acceptors (Lipinski definition) is 2. The Labute approximate surface area is 117 Å². The normalized spacial score (nSPS) is 30.2. The third-order valence-corrected chi connectivity index (χ3v) is 5.10. The van der Waals surface area contributed by atoms with Crippen molar-refractivity contribution in [1.29, 1.82) is 0 Å². The highest BCUT2D eigenvalue weighted by molar-refractivity contribution is 5.76. The van der Waals surface area contributed by atoms with Crippen LogP contribution in [0.4, 0.5) is 0 Å². The molecule has 3 atom stereocenters. The van der Waals surface area contributed by atoms with Gasteiger partial charge in [0.1, 0.15) is 0 Å². The fourth-order valence-corrected chi connectivity index (χ4v) is 3.83. The fraction of sp³-hybridized carbons (Fsp3) is 0.938. The Morgan fingerprint density at radius 1 is 1.21 bits per heavy atom. The van der Waals surface area contributed by atoms with Gasteiger partial charge >= 0.3 is 0 Å². The standard InChI is InChI=1S/C16H30N2O/c1-12(14-6-2-3-7-14)18-16(19)10-9-13-5-4-8-15(17)11-13/h12-15H,2-11,17H2,1H3,(H,18,19). The van der Waals surface area contributed by atoms with Crippen molar-refractivity contribution in [2.75, 3.05) is 0 Å². The van der Waals surface area contributed by atoms with Crippen molar-refractivity contribution in [3.05, 3.63) is 0 Å². The molecule has 1 amide bonds. The lowest BCUT2D eigenvalue weighted by molar-refractivity contribution is -0.122. The first-order chi connectivity index (χ1) is 9.15. The molecule has 2 saturated carbocycles. The summed E-state index contributed by atoms with van der Waals surface area (Å²) < 4.78 is 0. The Hall–Kier alpha value is -0.570. The van der Waals surface area contributed by atoms with Gasteiger partial charge in [0.25, 0.3) is 0 Å². The van der Waals surface area contributed by atoms with Gasteiger partial charge in [0.15, 0.2) is 0 Å². The Morgan fingerprint density at radius 3 is 2.63 bits per heavy atom. The summed E-state index contributed by atoms with van der Waals surface area (Å²) >= 11 is 0. The molecule has 0 bridgehead atoms. The number of carbonyl (C=O) groups excluding carboxylic acids is 1. The van der Waals surface area contributed by atoms with Crippen LogP contribution >= 0.6 is 0 Å². The van der Waals surface area contributed by atoms with E-state index in [-0.39, 0.29) is 5.91 Å². The van der Waals surface area contributed by atoms with Gasteiger partial charge in [-0.15, -0.1) is 0 Å². The number of nitrogens with one attached hydrogen (secondary N) is 1. The van der Waals surface area contributed by atoms with E-state index >= 15 is 0 Å². The average Bonchev–Trinajstić information content (AvgIpc) is 2.90. The summed E-state index contributed by atoms with van der Waals surface area (Å²) in [6.45, 7) is 2.17. The van der Waals surface area contributed by atoms with Crippen molar-refractivity contribution >= 4 is 5.91 Å². The third-order valence-electron chi connectivity index (χ3n) is 5.10. The molecule has 19 heavy (non-hydrogen) atoms. The molecule has 0 aliphatic heterocycles. The molecule has 0 radical (unpaired) electrons. The summed E-state index contributed by atoms with van der Waals surface area (Å²) in [5, 5.41) is 3.20. The Morgan fingerprint density at radius 2 is 1.95 bits per heavy atom. The maximum absolute atomic E-state index is 12.0. The van der Waals surface area contributed by atoms with Crippen molar-refractivity contribution in [2.45, 2.75) is 83.2 Å². The topological polar surface area (TPSA) is 55.1 Å². The monoisotopic (exact) mass is 266 g/mol. The van der Waals surface area contributed by atoms with Gasteiger partial charge in [0.05, 0.1) is 0 Å². The summed E-state index contributed by atoms with van der Waals surface area (Å²) in [6.07, 6.45) is 11.8. The van der Waals surface area contributed by atoms with E-state index in [1.54, 1.807) is 0 Å². The summed E-state index contributed by atoms with van der Waals surface area (Å²) in [5.41, 5.74) is 5.99. The zero-order valence-corrected chi connectivity index (χ0v) is 12.4. The van der Waals surface area contributed by atoms with Gasteiger partial charge in [-0.3, -0.25) is 4.79 Å². The number of amides is 1. The number of hydrogen-bond donors (Lipinski definition) is 2. The van der Waals surface area contributed by atoms with Crippen LogP contribution in [0, 0.1) is 11.8 Å². The van der Waals surface area contributed by atoms with Crippen molar-refractivity contribution in [1.82, 2.24) is 5.32 Å². The molecule has 2 rings (SSSR count). The predicted molar refractivity (Wildman–Crippen MR) is 78.7 cm³/mol. The van der Waals surface area contributed by atoms with E-state index in [1.165, 1.54) is 44.9 Å². The Bertz CT molecular complexity index is 286. The largest absolute Gasteiger partial charge is 0.353 e. The zero-order chi connectivity index (χ0) is 13.7. The van der Waals surface area contributed by atoms with Gasteiger partial charge in [0, 0.05) is 18.5 Å². The van der Waals surface area contributed by atoms with E-state index in [9.17, 15) is 4.79 Å². The quantitative estimate of drug-likeness (QED) is 0.803. The average molecular weight is 266 g/mol. The predicted octanol–water partition coefficient (Wildman–Crippen LogP) is 2.98. The number of carbonyl (C=O) groups is 1. The van der Waals surface area contributed by atoms with Crippen LogP contribution in [0.25, 0.3) is 0 Å². The molecule has 2 fully saturated rings. The molecule has 0 aromatic heterocycles. The van der Waals surface area contributed by atoms with Crippen molar-refractivity contribution in [2.24, 2.45) is 17.6 Å². The van der Waals surface area contributed by atoms with E-state index in [1.807, 2.05) is 0 Å². The molecule has 0 spiro atoms. The molecule has 110 valence electrons. The van der Waals surface area contributed by atoms with Crippen molar-refractivity contribution < 1.29 is 4.79 Å². The van der Waals surface area contributed by atoms with Gasteiger partial charge in [-0.1, -0.05) is 25.7 Å². The molecule has 3 N–H and O–H groups in total. The summed E-state index contributed by atoms with van der Waals surface area (Å²) in [5.74, 6) is 1.64. The minimum atomic E-state index is 0.249. The molecular formula is C16H30N2O. The SMILES string of the molecule is CC(NC(=O)CCC1CCCC(N)C1)C1CCCC1. The van der Waals surface area contributed by atoms with Gasteiger partial charge in [0.2, 0.25) is 5.91 Å². The second-order valence-electron chi connectivity index (χ2n) is 6.73. The van der Waals surface area contributed by atoms with Crippen LogP contribution in [0.2, 0.25) is 0 Å². The third kappa shape index (κ3) is 4.79. The smallest absolute Gasteiger partial charge is 0.220 e. The maximum Gasteiger partial charge on any atom is 0.220 e. The van der Waals surface area contributed by atoms with Crippen LogP contribution in [0.15, 0.2) is 0 Å². The number of rotatable bonds is 5. The van der Waals surface area contributed by atoms with E-state index in [4.69, 9.17) is 5.73 Å². The van der Waals surface area contributed by atoms with E-state index < -0.39 is 0 Å². The van der Waals surface area contributed by atoms with Crippen LogP contribution < -0.4 is 11.1 Å². The Kier molecular flexibility index (Phi) is 5.68. The molecule has 0 aromatic rings. The first-order valence-corrected chi connectivity index (χ1v) is 8.20. The molecule has 0 heterocycles. The van der Waals surface area contributed by atoms with Gasteiger partial charge in [-0.2, -0.15) is 0 Å². The molecule has 0 saturated heterocycles. The molecule has 3 unspecified atom stereocenters. The second kappa shape index (κ2) is 7.28. The van der Waals surface area contributed by atoms with E-state index in [0.29, 0.717) is 30.3 Å². The highest BCUT2D eigenvalue weighted by Gasteiger charge is 2.24. The summed E-state index contributed by atoms with van der Waals surface area (Å²) in [4.78, 5) is 12.0. The molecule has 3 heteroatoms. The first kappa shape index (κ1) is 14.8. The Balaban J connectivity index is 1.63. The second-order valence-corrected chi connectivity index (χ2v) is 6.73. The molecule has 0 aromatic carbocycles. The lowest BCUT2D eigenvalue weighted by Crippen LogP contribution is -2.37. The number of nitrogens with two attached hydrogens (primary N) is 1. The summed E-state index contributed by atoms with van der Waals surface area (Å²) in [6, 6.07) is 0.739. The fourth-order valence-electron chi connectivity index (χ4n) is 3.83. The first-order valence-electron chi connectivity index (χ1n) is 8.20.